The van der Waals surface area contributed by atoms with Crippen LogP contribution in [0.2, 0.25) is 0 Å². The zero-order valence-electron chi connectivity index (χ0n) is 12.0. The van der Waals surface area contributed by atoms with Gasteiger partial charge in [0.1, 0.15) is 0 Å². The maximum Gasteiger partial charge on any atom is 0.172 e. The van der Waals surface area contributed by atoms with Crippen molar-refractivity contribution in [3.63, 3.8) is 0 Å². The Morgan fingerprint density at radius 3 is 2.37 bits per heavy atom. The number of carbonyl (C=O) groups is 1. The topological polar surface area (TPSA) is 17.1 Å². The lowest BCUT2D eigenvalue weighted by atomic mass is 10.0. The molecule has 1 aliphatic rings. The van der Waals surface area contributed by atoms with Gasteiger partial charge in [-0.25, -0.2) is 0 Å². The van der Waals surface area contributed by atoms with Crippen LogP contribution >= 0.6 is 11.8 Å². The fourth-order valence-electron chi connectivity index (χ4n) is 2.56. The first-order chi connectivity index (χ1) is 9.16. The third-order valence-electron chi connectivity index (χ3n) is 3.90. The van der Waals surface area contributed by atoms with Crippen LogP contribution in [-0.4, -0.2) is 16.8 Å². The minimum absolute atomic E-state index is 0.283. The van der Waals surface area contributed by atoms with Crippen molar-refractivity contribution in [3.05, 3.63) is 35.4 Å². The number of benzene rings is 1. The average Bonchev–Trinajstić information content (AvgIpc) is 2.46. The fraction of sp³-hybridized carbons (Fsp3) is 0.588. The number of Topliss-reactive ketones (excluding diaryl/α,β-unsaturated/α-hetero) is 1. The summed E-state index contributed by atoms with van der Waals surface area (Å²) in [5.74, 6) is 1.46. The lowest BCUT2D eigenvalue weighted by Gasteiger charge is -2.20. The molecule has 0 amide bonds. The van der Waals surface area contributed by atoms with Crippen molar-refractivity contribution < 1.29 is 4.79 Å². The van der Waals surface area contributed by atoms with Crippen molar-refractivity contribution in [2.75, 3.05) is 5.75 Å². The van der Waals surface area contributed by atoms with Crippen molar-refractivity contribution in [1.29, 1.82) is 0 Å². The van der Waals surface area contributed by atoms with Crippen LogP contribution in [0.15, 0.2) is 24.3 Å². The average molecular weight is 276 g/mol. The van der Waals surface area contributed by atoms with Gasteiger partial charge >= 0.3 is 0 Å². The second-order valence-corrected chi connectivity index (χ2v) is 7.06. The number of hydrogen-bond donors (Lipinski definition) is 0. The lowest BCUT2D eigenvalue weighted by Crippen LogP contribution is -2.12. The highest BCUT2D eigenvalue weighted by Crippen LogP contribution is 2.28. The summed E-state index contributed by atoms with van der Waals surface area (Å²) >= 11 is 1.86. The molecule has 1 saturated carbocycles. The molecule has 0 bridgehead atoms. The van der Waals surface area contributed by atoms with Crippen molar-refractivity contribution in [1.82, 2.24) is 0 Å². The predicted octanol–water partition coefficient (Wildman–Crippen LogP) is 5.06. The molecule has 1 aromatic rings. The summed E-state index contributed by atoms with van der Waals surface area (Å²) < 4.78 is 0. The van der Waals surface area contributed by atoms with Gasteiger partial charge in [0.25, 0.3) is 0 Å². The van der Waals surface area contributed by atoms with Gasteiger partial charge < -0.3 is 0 Å². The first-order valence-corrected chi connectivity index (χ1v) is 8.46. The van der Waals surface area contributed by atoms with Crippen molar-refractivity contribution >= 4 is 17.5 Å². The zero-order valence-corrected chi connectivity index (χ0v) is 12.8. The molecule has 0 atom stereocenters. The van der Waals surface area contributed by atoms with E-state index in [1.165, 1.54) is 37.7 Å². The van der Waals surface area contributed by atoms with Gasteiger partial charge in [0.2, 0.25) is 0 Å². The highest BCUT2D eigenvalue weighted by Gasteiger charge is 2.16. The van der Waals surface area contributed by atoms with Crippen LogP contribution in [0.25, 0.3) is 0 Å². The smallest absolute Gasteiger partial charge is 0.172 e. The van der Waals surface area contributed by atoms with Gasteiger partial charge in [0.05, 0.1) is 5.75 Å². The summed E-state index contributed by atoms with van der Waals surface area (Å²) in [4.78, 5) is 12.1. The predicted molar refractivity (Wildman–Crippen MR) is 84.2 cm³/mol. The molecule has 0 radical (unpaired) electrons. The van der Waals surface area contributed by atoms with Gasteiger partial charge in [-0.2, -0.15) is 11.8 Å². The third-order valence-corrected chi connectivity index (χ3v) is 5.27. The van der Waals surface area contributed by atoms with E-state index in [9.17, 15) is 4.79 Å². The molecule has 104 valence electrons. The normalized spacial score (nSPS) is 16.8. The van der Waals surface area contributed by atoms with Crippen molar-refractivity contribution in [3.8, 4) is 0 Å². The molecule has 1 aromatic carbocycles. The van der Waals surface area contributed by atoms with E-state index in [-0.39, 0.29) is 5.78 Å². The molecule has 0 aliphatic heterocycles. The van der Waals surface area contributed by atoms with E-state index in [1.807, 2.05) is 23.9 Å². The third kappa shape index (κ3) is 4.38. The number of rotatable bonds is 5. The standard InChI is InChI=1S/C17H24OS/c1-13(2)14-8-10-15(11-9-14)17(18)12-19-16-6-4-3-5-7-16/h8-11,13,16H,3-7,12H2,1-2H3. The second-order valence-electron chi connectivity index (χ2n) is 5.77. The molecule has 19 heavy (non-hydrogen) atoms. The monoisotopic (exact) mass is 276 g/mol. The molecule has 0 saturated heterocycles. The minimum atomic E-state index is 0.283. The molecular weight excluding hydrogens is 252 g/mol. The van der Waals surface area contributed by atoms with Crippen LogP contribution in [0, 0.1) is 0 Å². The van der Waals surface area contributed by atoms with Crippen molar-refractivity contribution in [2.24, 2.45) is 0 Å². The van der Waals surface area contributed by atoms with E-state index in [0.717, 1.165) is 5.56 Å². The molecule has 2 heteroatoms. The van der Waals surface area contributed by atoms with Crippen LogP contribution < -0.4 is 0 Å². The lowest BCUT2D eigenvalue weighted by molar-refractivity contribution is 0.102. The SMILES string of the molecule is CC(C)c1ccc(C(=O)CSC2CCCCC2)cc1. The first-order valence-electron chi connectivity index (χ1n) is 7.41. The van der Waals surface area contributed by atoms with Gasteiger partial charge in [0.15, 0.2) is 5.78 Å². The molecule has 0 N–H and O–H groups in total. The fourth-order valence-corrected chi connectivity index (χ4v) is 3.78. The van der Waals surface area contributed by atoms with E-state index in [4.69, 9.17) is 0 Å². The van der Waals surface area contributed by atoms with Crippen LogP contribution in [-0.2, 0) is 0 Å². The zero-order chi connectivity index (χ0) is 13.7. The Hall–Kier alpha value is -0.760. The maximum absolute atomic E-state index is 12.1. The molecule has 0 heterocycles. The molecule has 0 unspecified atom stereocenters. The number of hydrogen-bond acceptors (Lipinski definition) is 2. The first kappa shape index (κ1) is 14.6. The van der Waals surface area contributed by atoms with Gasteiger partial charge in [-0.05, 0) is 24.3 Å². The van der Waals surface area contributed by atoms with E-state index >= 15 is 0 Å². The quantitative estimate of drug-likeness (QED) is 0.699. The summed E-state index contributed by atoms with van der Waals surface area (Å²) in [6.07, 6.45) is 6.65. The largest absolute Gasteiger partial charge is 0.293 e. The van der Waals surface area contributed by atoms with Crippen LogP contribution in [0.1, 0.15) is 67.8 Å². The minimum Gasteiger partial charge on any atom is -0.293 e. The maximum atomic E-state index is 12.1. The summed E-state index contributed by atoms with van der Waals surface area (Å²) in [6, 6.07) is 8.14. The van der Waals surface area contributed by atoms with Gasteiger partial charge in [-0.1, -0.05) is 57.4 Å². The number of thioether (sulfide) groups is 1. The molecule has 2 rings (SSSR count). The molecular formula is C17H24OS. The number of ketones is 1. The summed E-state index contributed by atoms with van der Waals surface area (Å²) in [7, 11) is 0. The highest BCUT2D eigenvalue weighted by molar-refractivity contribution is 8.00. The summed E-state index contributed by atoms with van der Waals surface area (Å²) in [5.41, 5.74) is 2.17. The van der Waals surface area contributed by atoms with Crippen LogP contribution in [0.3, 0.4) is 0 Å². The highest BCUT2D eigenvalue weighted by atomic mass is 32.2. The van der Waals surface area contributed by atoms with Crippen LogP contribution in [0.5, 0.6) is 0 Å². The number of carbonyl (C=O) groups excluding carboxylic acids is 1. The van der Waals surface area contributed by atoms with Gasteiger partial charge in [-0.3, -0.25) is 4.79 Å². The summed E-state index contributed by atoms with van der Waals surface area (Å²) in [6.45, 7) is 4.35. The Balaban J connectivity index is 1.85. The van der Waals surface area contributed by atoms with Crippen LogP contribution in [0.4, 0.5) is 0 Å². The molecule has 1 nitrogen and oxygen atoms in total. The Bertz CT molecular complexity index is 402. The second kappa shape index (κ2) is 7.14. The molecule has 0 spiro atoms. The molecule has 0 aromatic heterocycles. The van der Waals surface area contributed by atoms with E-state index in [0.29, 0.717) is 16.9 Å². The Morgan fingerprint density at radius 2 is 1.79 bits per heavy atom. The van der Waals surface area contributed by atoms with E-state index in [2.05, 4.69) is 26.0 Å². The summed E-state index contributed by atoms with van der Waals surface area (Å²) in [5, 5.41) is 0.715. The van der Waals surface area contributed by atoms with Gasteiger partial charge in [0, 0.05) is 10.8 Å². The Kier molecular flexibility index (Phi) is 5.50. The molecule has 1 aliphatic carbocycles. The van der Waals surface area contributed by atoms with Gasteiger partial charge in [-0.15, -0.1) is 0 Å². The van der Waals surface area contributed by atoms with E-state index in [1.54, 1.807) is 0 Å². The Labute approximate surface area is 121 Å². The van der Waals surface area contributed by atoms with E-state index < -0.39 is 0 Å². The Morgan fingerprint density at radius 1 is 1.16 bits per heavy atom. The molecule has 1 fully saturated rings. The van der Waals surface area contributed by atoms with Crippen molar-refractivity contribution in [2.45, 2.75) is 57.1 Å².